The Labute approximate surface area is 106 Å². The monoisotopic (exact) mass is 253 g/mol. The fraction of sp³-hybridized carbons (Fsp3) is 0.727. The zero-order valence-electron chi connectivity index (χ0n) is 10.8. The minimum atomic E-state index is -0.180. The minimum absolute atomic E-state index is 0.0115. The maximum Gasteiger partial charge on any atom is 0.238 e. The minimum Gasteiger partial charge on any atom is -0.424 e. The average Bonchev–Trinajstić information content (AvgIpc) is 2.86. The molecule has 1 unspecified atom stereocenters. The number of rotatable bonds is 4. The van der Waals surface area contributed by atoms with E-state index in [1.54, 1.807) is 7.05 Å². The summed E-state index contributed by atoms with van der Waals surface area (Å²) in [6.45, 7) is 4.79. The molecule has 2 heterocycles. The largest absolute Gasteiger partial charge is 0.424 e. The van der Waals surface area contributed by atoms with Gasteiger partial charge in [-0.3, -0.25) is 9.69 Å². The zero-order valence-corrected chi connectivity index (χ0v) is 10.8. The third kappa shape index (κ3) is 2.85. The summed E-state index contributed by atoms with van der Waals surface area (Å²) in [6.07, 6.45) is 0.730. The van der Waals surface area contributed by atoms with Gasteiger partial charge in [0, 0.05) is 33.1 Å². The van der Waals surface area contributed by atoms with E-state index in [9.17, 15) is 4.79 Å². The molecule has 0 bridgehead atoms. The van der Waals surface area contributed by atoms with E-state index in [0.29, 0.717) is 24.9 Å². The van der Waals surface area contributed by atoms with E-state index in [4.69, 9.17) is 4.42 Å². The van der Waals surface area contributed by atoms with Crippen molar-refractivity contribution in [3.05, 3.63) is 11.8 Å². The van der Waals surface area contributed by atoms with Crippen LogP contribution in [0.1, 0.15) is 18.7 Å². The summed E-state index contributed by atoms with van der Waals surface area (Å²) in [7, 11) is 1.65. The van der Waals surface area contributed by atoms with Gasteiger partial charge in [0.2, 0.25) is 17.7 Å². The first-order valence-electron chi connectivity index (χ1n) is 6.22. The molecule has 0 spiro atoms. The van der Waals surface area contributed by atoms with Gasteiger partial charge in [0.15, 0.2) is 0 Å². The SMILES string of the molecule is CCc1nnc(CN2CCNCC2C(=O)NC)o1. The molecular formula is C11H19N5O2. The number of hydrogen-bond donors (Lipinski definition) is 2. The maximum absolute atomic E-state index is 11.8. The Morgan fingerprint density at radius 1 is 1.56 bits per heavy atom. The number of carbonyl (C=O) groups excluding carboxylic acids is 1. The molecule has 100 valence electrons. The molecule has 0 aromatic carbocycles. The van der Waals surface area contributed by atoms with Crippen molar-refractivity contribution < 1.29 is 9.21 Å². The Bertz CT molecular complexity index is 406. The van der Waals surface area contributed by atoms with Crippen molar-refractivity contribution in [3.8, 4) is 0 Å². The molecule has 2 N–H and O–H groups in total. The fourth-order valence-electron chi connectivity index (χ4n) is 2.03. The highest BCUT2D eigenvalue weighted by Crippen LogP contribution is 2.10. The summed E-state index contributed by atoms with van der Waals surface area (Å²) in [4.78, 5) is 13.8. The second-order valence-corrected chi connectivity index (χ2v) is 4.25. The van der Waals surface area contributed by atoms with Gasteiger partial charge in [-0.05, 0) is 0 Å². The van der Waals surface area contributed by atoms with Crippen LogP contribution < -0.4 is 10.6 Å². The van der Waals surface area contributed by atoms with Crippen LogP contribution >= 0.6 is 0 Å². The maximum atomic E-state index is 11.8. The Kier molecular flexibility index (Phi) is 4.27. The summed E-state index contributed by atoms with van der Waals surface area (Å²) in [6, 6.07) is -0.180. The van der Waals surface area contributed by atoms with Gasteiger partial charge in [-0.2, -0.15) is 0 Å². The van der Waals surface area contributed by atoms with E-state index in [-0.39, 0.29) is 11.9 Å². The normalized spacial score (nSPS) is 20.9. The zero-order chi connectivity index (χ0) is 13.0. The molecule has 1 atom stereocenters. The predicted molar refractivity (Wildman–Crippen MR) is 64.8 cm³/mol. The quantitative estimate of drug-likeness (QED) is 0.727. The van der Waals surface area contributed by atoms with Crippen LogP contribution in [-0.2, 0) is 17.8 Å². The van der Waals surface area contributed by atoms with E-state index in [2.05, 4.69) is 25.7 Å². The van der Waals surface area contributed by atoms with Crippen molar-refractivity contribution in [1.82, 2.24) is 25.7 Å². The van der Waals surface area contributed by atoms with Gasteiger partial charge in [-0.15, -0.1) is 10.2 Å². The van der Waals surface area contributed by atoms with Crippen molar-refractivity contribution in [3.63, 3.8) is 0 Å². The Morgan fingerprint density at radius 2 is 2.33 bits per heavy atom. The Balaban J connectivity index is 2.02. The molecule has 1 aliphatic rings. The molecule has 1 aromatic heterocycles. The third-order valence-electron chi connectivity index (χ3n) is 3.05. The second-order valence-electron chi connectivity index (χ2n) is 4.25. The number of aromatic nitrogens is 2. The first-order valence-corrected chi connectivity index (χ1v) is 6.22. The van der Waals surface area contributed by atoms with Crippen LogP contribution in [0.2, 0.25) is 0 Å². The first-order chi connectivity index (χ1) is 8.74. The number of aryl methyl sites for hydroxylation is 1. The second kappa shape index (κ2) is 5.92. The Morgan fingerprint density at radius 3 is 3.00 bits per heavy atom. The van der Waals surface area contributed by atoms with Crippen molar-refractivity contribution >= 4 is 5.91 Å². The molecule has 0 aliphatic carbocycles. The van der Waals surface area contributed by atoms with Crippen LogP contribution in [0.3, 0.4) is 0 Å². The number of carbonyl (C=O) groups is 1. The van der Waals surface area contributed by atoms with Gasteiger partial charge in [-0.25, -0.2) is 0 Å². The van der Waals surface area contributed by atoms with Crippen LogP contribution in [0.25, 0.3) is 0 Å². The van der Waals surface area contributed by atoms with Crippen LogP contribution in [0, 0.1) is 0 Å². The highest BCUT2D eigenvalue weighted by atomic mass is 16.4. The lowest BCUT2D eigenvalue weighted by Crippen LogP contribution is -2.56. The van der Waals surface area contributed by atoms with Crippen LogP contribution in [0.15, 0.2) is 4.42 Å². The molecule has 2 rings (SSSR count). The van der Waals surface area contributed by atoms with Crippen molar-refractivity contribution in [1.29, 1.82) is 0 Å². The molecule has 1 saturated heterocycles. The summed E-state index contributed by atoms with van der Waals surface area (Å²) in [5.41, 5.74) is 0. The number of nitrogens with one attached hydrogen (secondary N) is 2. The highest BCUT2D eigenvalue weighted by Gasteiger charge is 2.28. The molecule has 0 saturated carbocycles. The summed E-state index contributed by atoms with van der Waals surface area (Å²) < 4.78 is 5.48. The van der Waals surface area contributed by atoms with Crippen molar-refractivity contribution in [2.75, 3.05) is 26.7 Å². The number of likely N-dealkylation sites (N-methyl/N-ethyl adjacent to an activating group) is 1. The van der Waals surface area contributed by atoms with Gasteiger partial charge in [0.25, 0.3) is 0 Å². The predicted octanol–water partition coefficient (Wildman–Crippen LogP) is -0.848. The van der Waals surface area contributed by atoms with Gasteiger partial charge < -0.3 is 15.1 Å². The van der Waals surface area contributed by atoms with E-state index < -0.39 is 0 Å². The van der Waals surface area contributed by atoms with E-state index in [0.717, 1.165) is 19.5 Å². The number of hydrogen-bond acceptors (Lipinski definition) is 6. The van der Waals surface area contributed by atoms with Crippen LogP contribution in [0.5, 0.6) is 0 Å². The molecule has 1 aromatic rings. The number of piperazine rings is 1. The lowest BCUT2D eigenvalue weighted by atomic mass is 10.2. The van der Waals surface area contributed by atoms with Gasteiger partial charge in [0.05, 0.1) is 6.54 Å². The van der Waals surface area contributed by atoms with Crippen LogP contribution in [-0.4, -0.2) is 53.7 Å². The highest BCUT2D eigenvalue weighted by molar-refractivity contribution is 5.81. The molecule has 1 amide bonds. The summed E-state index contributed by atoms with van der Waals surface area (Å²) >= 11 is 0. The van der Waals surface area contributed by atoms with Crippen molar-refractivity contribution in [2.45, 2.75) is 25.9 Å². The lowest BCUT2D eigenvalue weighted by molar-refractivity contribution is -0.126. The molecule has 1 fully saturated rings. The van der Waals surface area contributed by atoms with E-state index in [1.165, 1.54) is 0 Å². The average molecular weight is 253 g/mol. The summed E-state index contributed by atoms with van der Waals surface area (Å²) in [5, 5.41) is 13.8. The molecule has 1 aliphatic heterocycles. The summed E-state index contributed by atoms with van der Waals surface area (Å²) in [5.74, 6) is 1.22. The Hall–Kier alpha value is -1.47. The first kappa shape index (κ1) is 13.0. The van der Waals surface area contributed by atoms with Gasteiger partial charge in [0.1, 0.15) is 6.04 Å². The van der Waals surface area contributed by atoms with Gasteiger partial charge >= 0.3 is 0 Å². The molecular weight excluding hydrogens is 234 g/mol. The number of nitrogens with zero attached hydrogens (tertiary/aromatic N) is 3. The fourth-order valence-corrected chi connectivity index (χ4v) is 2.03. The molecule has 18 heavy (non-hydrogen) atoms. The van der Waals surface area contributed by atoms with E-state index >= 15 is 0 Å². The molecule has 0 radical (unpaired) electrons. The molecule has 7 heteroatoms. The standard InChI is InChI=1S/C11H19N5O2/c1-3-9-14-15-10(18-9)7-16-5-4-13-6-8(16)11(17)12-2/h8,13H,3-7H2,1-2H3,(H,12,17). The van der Waals surface area contributed by atoms with Crippen LogP contribution in [0.4, 0.5) is 0 Å². The number of amides is 1. The van der Waals surface area contributed by atoms with E-state index in [1.807, 2.05) is 6.92 Å². The topological polar surface area (TPSA) is 83.3 Å². The van der Waals surface area contributed by atoms with Gasteiger partial charge in [-0.1, -0.05) is 6.92 Å². The lowest BCUT2D eigenvalue weighted by Gasteiger charge is -2.33. The third-order valence-corrected chi connectivity index (χ3v) is 3.05. The van der Waals surface area contributed by atoms with Crippen molar-refractivity contribution in [2.24, 2.45) is 0 Å². The molecule has 7 nitrogen and oxygen atoms in total. The smallest absolute Gasteiger partial charge is 0.238 e.